The Hall–Kier alpha value is -3.17. The molecule has 0 unspecified atom stereocenters. The molecular formula is C34H40O2Si. The van der Waals surface area contributed by atoms with Crippen LogP contribution in [0.1, 0.15) is 84.8 Å². The van der Waals surface area contributed by atoms with Crippen LogP contribution < -0.4 is 0 Å². The third-order valence-corrected chi connectivity index (χ3v) is 8.40. The molecule has 0 spiro atoms. The van der Waals surface area contributed by atoms with E-state index in [1.165, 1.54) is 39.0 Å². The van der Waals surface area contributed by atoms with Crippen molar-refractivity contribution in [1.29, 1.82) is 0 Å². The number of fused-ring (bicyclic) bond motifs is 1. The molecule has 0 fully saturated rings. The molecule has 192 valence electrons. The fraction of sp³-hybridized carbons (Fsp3) is 0.324. The molecule has 0 heterocycles. The van der Waals surface area contributed by atoms with Gasteiger partial charge in [-0.15, -0.1) is 0 Å². The van der Waals surface area contributed by atoms with Crippen molar-refractivity contribution >= 4 is 25.2 Å². The van der Waals surface area contributed by atoms with E-state index in [-0.39, 0.29) is 10.8 Å². The topological polar surface area (TPSA) is 37.3 Å². The van der Waals surface area contributed by atoms with Crippen LogP contribution in [-0.4, -0.2) is 19.1 Å². The highest BCUT2D eigenvalue weighted by atomic mass is 28.3. The van der Waals surface area contributed by atoms with Crippen LogP contribution in [0.25, 0.3) is 11.1 Å². The van der Waals surface area contributed by atoms with E-state index in [1.807, 2.05) is 12.1 Å². The van der Waals surface area contributed by atoms with Crippen molar-refractivity contribution < 1.29 is 9.90 Å². The molecule has 0 saturated heterocycles. The van der Waals surface area contributed by atoms with Gasteiger partial charge in [0.05, 0.1) is 13.6 Å². The minimum Gasteiger partial charge on any atom is -0.478 e. The third kappa shape index (κ3) is 5.88. The van der Waals surface area contributed by atoms with Gasteiger partial charge in [-0.3, -0.25) is 0 Å². The Labute approximate surface area is 223 Å². The van der Waals surface area contributed by atoms with Crippen LogP contribution in [-0.2, 0) is 10.8 Å². The predicted octanol–water partition coefficient (Wildman–Crippen LogP) is 9.10. The molecule has 1 aliphatic rings. The van der Waals surface area contributed by atoms with E-state index in [9.17, 15) is 9.90 Å². The Balaban J connectivity index is 1.86. The summed E-state index contributed by atoms with van der Waals surface area (Å²) in [6, 6.07) is 23.3. The molecule has 2 nitrogen and oxygen atoms in total. The van der Waals surface area contributed by atoms with Gasteiger partial charge in [-0.25, -0.2) is 4.79 Å². The Morgan fingerprint density at radius 3 is 1.97 bits per heavy atom. The first-order valence-electron chi connectivity index (χ1n) is 13.2. The average Bonchev–Trinajstić information content (AvgIpc) is 2.81. The van der Waals surface area contributed by atoms with Gasteiger partial charge in [-0.05, 0) is 80.0 Å². The monoisotopic (exact) mass is 508 g/mol. The number of benzene rings is 3. The Bertz CT molecular complexity index is 1370. The largest absolute Gasteiger partial charge is 0.478 e. The zero-order chi connectivity index (χ0) is 27.2. The van der Waals surface area contributed by atoms with Gasteiger partial charge in [0.15, 0.2) is 0 Å². The zero-order valence-corrected chi connectivity index (χ0v) is 24.6. The van der Waals surface area contributed by atoms with Crippen molar-refractivity contribution in [2.24, 2.45) is 0 Å². The second-order valence-electron chi connectivity index (χ2n) is 13.1. The first-order chi connectivity index (χ1) is 17.2. The Kier molecular flexibility index (Phi) is 6.98. The highest BCUT2D eigenvalue weighted by molar-refractivity contribution is 6.81. The van der Waals surface area contributed by atoms with Gasteiger partial charge < -0.3 is 5.11 Å². The van der Waals surface area contributed by atoms with Crippen molar-refractivity contribution in [1.82, 2.24) is 0 Å². The molecule has 0 bridgehead atoms. The molecule has 4 rings (SSSR count). The van der Waals surface area contributed by atoms with E-state index < -0.39 is 14.0 Å². The molecule has 3 heteroatoms. The van der Waals surface area contributed by atoms with Crippen molar-refractivity contribution in [3.05, 3.63) is 117 Å². The SMILES string of the molecule is CC(C)(C)c1ccc(C2=CCC(C)(C)c3ccc(/C(=C\[Si](C)(C)C)c4ccc(C(=O)O)cc4)cc32)cc1. The number of hydrogen-bond donors (Lipinski definition) is 1. The van der Waals surface area contributed by atoms with E-state index in [0.717, 1.165) is 12.0 Å². The zero-order valence-electron chi connectivity index (χ0n) is 23.6. The Morgan fingerprint density at radius 2 is 1.43 bits per heavy atom. The minimum atomic E-state index is -1.58. The quantitative estimate of drug-likeness (QED) is 0.349. The van der Waals surface area contributed by atoms with Gasteiger partial charge >= 0.3 is 5.97 Å². The van der Waals surface area contributed by atoms with E-state index in [4.69, 9.17) is 0 Å². The van der Waals surface area contributed by atoms with Crippen molar-refractivity contribution in [3.63, 3.8) is 0 Å². The molecule has 0 radical (unpaired) electrons. The third-order valence-electron chi connectivity index (χ3n) is 7.25. The maximum Gasteiger partial charge on any atom is 0.335 e. The number of carboxylic acid groups (broad SMARTS) is 1. The summed E-state index contributed by atoms with van der Waals surface area (Å²) in [5, 5.41) is 9.38. The highest BCUT2D eigenvalue weighted by Crippen LogP contribution is 2.43. The molecule has 0 aromatic heterocycles. The smallest absolute Gasteiger partial charge is 0.335 e. The molecule has 3 aromatic rings. The summed E-state index contributed by atoms with van der Waals surface area (Å²) in [6.07, 6.45) is 3.41. The molecule has 1 N–H and O–H groups in total. The summed E-state index contributed by atoms with van der Waals surface area (Å²) in [7, 11) is -1.58. The lowest BCUT2D eigenvalue weighted by atomic mass is 9.71. The van der Waals surface area contributed by atoms with E-state index in [0.29, 0.717) is 5.56 Å². The average molecular weight is 509 g/mol. The van der Waals surface area contributed by atoms with Gasteiger partial charge in [0.25, 0.3) is 0 Å². The van der Waals surface area contributed by atoms with Crippen LogP contribution >= 0.6 is 0 Å². The second-order valence-corrected chi connectivity index (χ2v) is 18.1. The summed E-state index contributed by atoms with van der Waals surface area (Å²) < 4.78 is 0. The molecule has 1 aliphatic carbocycles. The van der Waals surface area contributed by atoms with Crippen LogP contribution in [0.15, 0.2) is 78.5 Å². The van der Waals surface area contributed by atoms with Crippen LogP contribution in [0.5, 0.6) is 0 Å². The van der Waals surface area contributed by atoms with Gasteiger partial charge in [0.2, 0.25) is 0 Å². The summed E-state index contributed by atoms with van der Waals surface area (Å²) in [5.74, 6) is -0.898. The number of hydrogen-bond acceptors (Lipinski definition) is 1. The molecule has 0 atom stereocenters. The van der Waals surface area contributed by atoms with Crippen LogP contribution in [0.2, 0.25) is 19.6 Å². The molecule has 0 amide bonds. The lowest BCUT2D eigenvalue weighted by Gasteiger charge is -2.33. The Morgan fingerprint density at radius 1 is 0.865 bits per heavy atom. The first-order valence-corrected chi connectivity index (χ1v) is 16.8. The predicted molar refractivity (Wildman–Crippen MR) is 160 cm³/mol. The van der Waals surface area contributed by atoms with Crippen LogP contribution in [0.3, 0.4) is 0 Å². The van der Waals surface area contributed by atoms with Crippen LogP contribution in [0.4, 0.5) is 0 Å². The molecule has 37 heavy (non-hydrogen) atoms. The van der Waals surface area contributed by atoms with E-state index in [2.05, 4.69) is 108 Å². The molecule has 0 aliphatic heterocycles. The molecule has 0 saturated carbocycles. The van der Waals surface area contributed by atoms with Gasteiger partial charge in [-0.2, -0.15) is 0 Å². The summed E-state index contributed by atoms with van der Waals surface area (Å²) >= 11 is 0. The second kappa shape index (κ2) is 9.61. The molecular weight excluding hydrogens is 468 g/mol. The summed E-state index contributed by atoms with van der Waals surface area (Å²) in [4.78, 5) is 11.4. The van der Waals surface area contributed by atoms with Crippen molar-refractivity contribution in [2.75, 3.05) is 0 Å². The van der Waals surface area contributed by atoms with Crippen molar-refractivity contribution in [3.8, 4) is 0 Å². The lowest BCUT2D eigenvalue weighted by molar-refractivity contribution is 0.0697. The highest BCUT2D eigenvalue weighted by Gasteiger charge is 2.29. The number of carbonyl (C=O) groups is 1. The summed E-state index contributed by atoms with van der Waals surface area (Å²) in [5.41, 5.74) is 12.9. The molecule has 3 aromatic carbocycles. The number of allylic oxidation sites excluding steroid dienone is 1. The van der Waals surface area contributed by atoms with Crippen LogP contribution in [0, 0.1) is 0 Å². The summed E-state index contributed by atoms with van der Waals surface area (Å²) in [6.45, 7) is 18.4. The fourth-order valence-electron chi connectivity index (χ4n) is 5.08. The number of aromatic carboxylic acids is 1. The number of rotatable bonds is 5. The fourth-order valence-corrected chi connectivity index (χ4v) is 6.28. The van der Waals surface area contributed by atoms with Gasteiger partial charge in [0, 0.05) is 0 Å². The van der Waals surface area contributed by atoms with Gasteiger partial charge in [0.1, 0.15) is 0 Å². The maximum atomic E-state index is 11.4. The minimum absolute atomic E-state index is 0.0640. The van der Waals surface area contributed by atoms with E-state index in [1.54, 1.807) is 12.1 Å². The van der Waals surface area contributed by atoms with Crippen molar-refractivity contribution in [2.45, 2.75) is 71.5 Å². The maximum absolute atomic E-state index is 11.4. The van der Waals surface area contributed by atoms with Gasteiger partial charge in [-0.1, -0.05) is 115 Å². The standard InChI is InChI=1S/C34H40O2Si/c1-33(2,3)27-16-13-23(14-17-27)28-19-20-34(4,5)31-18-15-26(21-29(28)31)30(22-37(6,7)8)24-9-11-25(12-10-24)32(35)36/h9-19,21-22H,20H2,1-8H3,(H,35,36)/b30-22-. The first kappa shape index (κ1) is 26.9. The number of carboxylic acids is 1. The normalized spacial score (nSPS) is 15.7. The lowest BCUT2D eigenvalue weighted by Crippen LogP contribution is -2.22. The van der Waals surface area contributed by atoms with E-state index >= 15 is 0 Å².